The number of ketones is 1. The van der Waals surface area contributed by atoms with Crippen molar-refractivity contribution in [1.29, 1.82) is 0 Å². The van der Waals surface area contributed by atoms with Gasteiger partial charge in [-0.3, -0.25) is 9.78 Å². The molecule has 0 aliphatic heterocycles. The molecular formula is C49H60IrNO4-. The van der Waals surface area contributed by atoms with Crippen molar-refractivity contribution in [3.63, 3.8) is 0 Å². The Morgan fingerprint density at radius 3 is 2.09 bits per heavy atom. The molecule has 6 rings (SSSR count). The summed E-state index contributed by atoms with van der Waals surface area (Å²) < 4.78 is 13.0. The Morgan fingerprint density at radius 1 is 0.836 bits per heavy atom. The number of aliphatic hydroxyl groups is 1. The van der Waals surface area contributed by atoms with Gasteiger partial charge >= 0.3 is 0 Å². The minimum Gasteiger partial charge on any atom is -0.512 e. The molecule has 295 valence electrons. The van der Waals surface area contributed by atoms with Crippen molar-refractivity contribution < 1.29 is 38.8 Å². The molecule has 0 aliphatic carbocycles. The molecule has 0 unspecified atom stereocenters. The van der Waals surface area contributed by atoms with Gasteiger partial charge < -0.3 is 13.9 Å². The van der Waals surface area contributed by atoms with Gasteiger partial charge in [-0.25, -0.2) is 0 Å². The number of benzene rings is 3. The van der Waals surface area contributed by atoms with E-state index >= 15 is 0 Å². The minimum absolute atomic E-state index is 0. The van der Waals surface area contributed by atoms with Crippen molar-refractivity contribution in [3.05, 3.63) is 102 Å². The van der Waals surface area contributed by atoms with Crippen molar-refractivity contribution in [2.24, 2.45) is 16.7 Å². The van der Waals surface area contributed by atoms with Gasteiger partial charge in [0.25, 0.3) is 0 Å². The fourth-order valence-corrected chi connectivity index (χ4v) is 7.00. The Labute approximate surface area is 342 Å². The van der Waals surface area contributed by atoms with Crippen LogP contribution in [0, 0.1) is 29.7 Å². The van der Waals surface area contributed by atoms with E-state index < -0.39 is 0 Å². The molecule has 3 aromatic carbocycles. The van der Waals surface area contributed by atoms with Crippen molar-refractivity contribution in [2.75, 3.05) is 0 Å². The van der Waals surface area contributed by atoms with E-state index in [2.05, 4.69) is 102 Å². The van der Waals surface area contributed by atoms with Crippen LogP contribution in [0.15, 0.2) is 87.5 Å². The quantitative estimate of drug-likeness (QED) is 0.0796. The van der Waals surface area contributed by atoms with Gasteiger partial charge in [-0.05, 0) is 67.7 Å². The Hall–Kier alpha value is -3.99. The van der Waals surface area contributed by atoms with Crippen molar-refractivity contribution in [2.45, 2.75) is 121 Å². The van der Waals surface area contributed by atoms with Crippen LogP contribution in [0.1, 0.15) is 119 Å². The molecule has 0 atom stereocenters. The van der Waals surface area contributed by atoms with Gasteiger partial charge in [0.1, 0.15) is 28.4 Å². The maximum atomic E-state index is 12.2. The number of rotatable bonds is 11. The number of furan rings is 2. The SMILES string of the molecule is CCC(C)(CC)C(=O)/C=C(\O)C(C)(CC)CC.Cc1c(CC(C)C)oc2c(-c3cc4ccnc(-c5[c-]c6ccccc6c(C(C)(C)C)c5)c4o3)cccc12.[Ir]. The number of carbonyl (C=O) groups is 1. The van der Waals surface area contributed by atoms with Gasteiger partial charge in [0, 0.05) is 66.1 Å². The van der Waals surface area contributed by atoms with E-state index in [1.54, 1.807) is 0 Å². The summed E-state index contributed by atoms with van der Waals surface area (Å²) in [6, 6.07) is 24.7. The molecule has 0 fully saturated rings. The first-order valence-electron chi connectivity index (χ1n) is 19.8. The number of pyridine rings is 1. The molecule has 0 bridgehead atoms. The summed E-state index contributed by atoms with van der Waals surface area (Å²) in [5, 5.41) is 14.6. The van der Waals surface area contributed by atoms with Gasteiger partial charge in [-0.2, -0.15) is 0 Å². The molecule has 0 saturated carbocycles. The molecule has 6 aromatic rings. The zero-order chi connectivity index (χ0) is 39.6. The van der Waals surface area contributed by atoms with E-state index in [0.29, 0.717) is 5.92 Å². The third-order valence-electron chi connectivity index (χ3n) is 11.8. The first kappa shape index (κ1) is 43.7. The average molecular weight is 919 g/mol. The average Bonchev–Trinajstić information content (AvgIpc) is 3.73. The van der Waals surface area contributed by atoms with Crippen LogP contribution in [0.2, 0.25) is 0 Å². The first-order valence-corrected chi connectivity index (χ1v) is 19.8. The molecule has 0 aliphatic rings. The summed E-state index contributed by atoms with van der Waals surface area (Å²) in [5.41, 5.74) is 6.24. The number of aliphatic hydroxyl groups excluding tert-OH is 1. The monoisotopic (exact) mass is 919 g/mol. The van der Waals surface area contributed by atoms with E-state index in [4.69, 9.17) is 13.8 Å². The maximum Gasteiger partial charge on any atom is 0.164 e. The van der Waals surface area contributed by atoms with E-state index in [-0.39, 0.29) is 47.9 Å². The smallest absolute Gasteiger partial charge is 0.164 e. The van der Waals surface area contributed by atoms with Crippen LogP contribution < -0.4 is 0 Å². The summed E-state index contributed by atoms with van der Waals surface area (Å²) in [6.45, 7) is 25.4. The molecule has 1 N–H and O–H groups in total. The van der Waals surface area contributed by atoms with Crippen LogP contribution in [-0.2, 0) is 36.7 Å². The molecule has 1 radical (unpaired) electrons. The molecule has 3 aromatic heterocycles. The Balaban J connectivity index is 0.000000320. The largest absolute Gasteiger partial charge is 0.512 e. The summed E-state index contributed by atoms with van der Waals surface area (Å²) >= 11 is 0. The molecule has 6 heteroatoms. The van der Waals surface area contributed by atoms with Crippen molar-refractivity contribution in [3.8, 4) is 22.6 Å². The Bertz CT molecular complexity index is 2290. The zero-order valence-electron chi connectivity index (χ0n) is 35.0. The normalized spacial score (nSPS) is 12.6. The number of carbonyl (C=O) groups excluding carboxylic acids is 1. The topological polar surface area (TPSA) is 76.5 Å². The summed E-state index contributed by atoms with van der Waals surface area (Å²) in [4.78, 5) is 17.0. The standard InChI is InChI=1S/C34H32NO2.C15H28O2.Ir/c1-20(2)16-29-21(3)25-12-9-13-27(33(25)36-29)30-19-23-14-15-35-31(32(23)37-30)24-17-22-10-7-8-11-26(22)28(18-24)34(4,5)6;1-7-14(5,8-2)12(16)11-13(17)15(6,9-3)10-4;/h7-15,18-20H,16H2,1-6H3;11,16H,7-10H2,1-6H3;/q-1;;/b;12-11-;. The number of hydrogen-bond donors (Lipinski definition) is 1. The van der Waals surface area contributed by atoms with Gasteiger partial charge in [0.05, 0.1) is 5.56 Å². The second kappa shape index (κ2) is 17.4. The summed E-state index contributed by atoms with van der Waals surface area (Å²) in [7, 11) is 0. The van der Waals surface area contributed by atoms with Crippen LogP contribution >= 0.6 is 0 Å². The van der Waals surface area contributed by atoms with E-state index in [1.807, 2.05) is 53.8 Å². The molecule has 3 heterocycles. The van der Waals surface area contributed by atoms with Gasteiger partial charge in [-0.15, -0.1) is 29.1 Å². The predicted octanol–water partition coefficient (Wildman–Crippen LogP) is 14.3. The summed E-state index contributed by atoms with van der Waals surface area (Å²) in [6.07, 6.45) is 7.53. The van der Waals surface area contributed by atoms with Gasteiger partial charge in [-0.1, -0.05) is 117 Å². The molecule has 55 heavy (non-hydrogen) atoms. The zero-order valence-corrected chi connectivity index (χ0v) is 37.4. The second-order valence-electron chi connectivity index (χ2n) is 16.9. The number of aromatic nitrogens is 1. The molecule has 0 amide bonds. The number of nitrogens with zero attached hydrogens (tertiary/aromatic N) is 1. The maximum absolute atomic E-state index is 12.2. The predicted molar refractivity (Wildman–Crippen MR) is 226 cm³/mol. The first-order chi connectivity index (χ1) is 25.5. The number of allylic oxidation sites excluding steroid dienone is 2. The Morgan fingerprint density at radius 2 is 1.47 bits per heavy atom. The van der Waals surface area contributed by atoms with Crippen LogP contribution in [0.25, 0.3) is 55.3 Å². The van der Waals surface area contributed by atoms with Crippen LogP contribution in [0.3, 0.4) is 0 Å². The third kappa shape index (κ3) is 9.03. The van der Waals surface area contributed by atoms with Crippen molar-refractivity contribution >= 4 is 38.5 Å². The van der Waals surface area contributed by atoms with Gasteiger partial charge in [0.15, 0.2) is 5.78 Å². The van der Waals surface area contributed by atoms with E-state index in [9.17, 15) is 9.90 Å². The van der Waals surface area contributed by atoms with Gasteiger partial charge in [0.2, 0.25) is 0 Å². The number of para-hydroxylation sites is 1. The van der Waals surface area contributed by atoms with E-state index in [1.165, 1.54) is 22.6 Å². The molecule has 0 spiro atoms. The fourth-order valence-electron chi connectivity index (χ4n) is 7.00. The van der Waals surface area contributed by atoms with Crippen LogP contribution in [0.4, 0.5) is 0 Å². The van der Waals surface area contributed by atoms with Crippen LogP contribution in [0.5, 0.6) is 0 Å². The molecule has 5 nitrogen and oxygen atoms in total. The molecular weight excluding hydrogens is 859 g/mol. The minimum atomic E-state index is -0.337. The Kier molecular flexibility index (Phi) is 13.9. The fraction of sp³-hybridized carbons (Fsp3) is 0.429. The number of aryl methyl sites for hydroxylation is 1. The molecule has 0 saturated heterocycles. The van der Waals surface area contributed by atoms with Crippen molar-refractivity contribution in [1.82, 2.24) is 4.98 Å². The second-order valence-corrected chi connectivity index (χ2v) is 16.9. The third-order valence-corrected chi connectivity index (χ3v) is 11.8. The number of fused-ring (bicyclic) bond motifs is 3. The summed E-state index contributed by atoms with van der Waals surface area (Å²) in [5.74, 6) is 2.65. The number of hydrogen-bond acceptors (Lipinski definition) is 5. The van der Waals surface area contributed by atoms with E-state index in [0.717, 1.165) is 87.8 Å². The van der Waals surface area contributed by atoms with Crippen LogP contribution in [-0.4, -0.2) is 15.9 Å².